The molecule has 0 saturated carbocycles. The zero-order valence-corrected chi connectivity index (χ0v) is 12.2. The number of hydrogen-bond acceptors (Lipinski definition) is 3. The maximum atomic E-state index is 5.37. The molecule has 0 radical (unpaired) electrons. The van der Waals surface area contributed by atoms with Gasteiger partial charge in [0.25, 0.3) is 0 Å². The highest BCUT2D eigenvalue weighted by molar-refractivity contribution is 7.99. The molecule has 0 aliphatic heterocycles. The number of anilines is 1. The molecule has 0 aliphatic rings. The van der Waals surface area contributed by atoms with Crippen LogP contribution in [-0.4, -0.2) is 12.9 Å². The van der Waals surface area contributed by atoms with Gasteiger partial charge in [-0.2, -0.15) is 0 Å². The molecule has 19 heavy (non-hydrogen) atoms. The van der Waals surface area contributed by atoms with Crippen molar-refractivity contribution in [3.05, 3.63) is 54.1 Å². The predicted octanol–water partition coefficient (Wildman–Crippen LogP) is 4.42. The lowest BCUT2D eigenvalue weighted by molar-refractivity contribution is 0.410. The number of ether oxygens (including phenoxy) is 1. The fraction of sp³-hybridized carbons (Fsp3) is 0.250. The minimum Gasteiger partial charge on any atom is -0.496 e. The fourth-order valence-electron chi connectivity index (χ4n) is 1.93. The van der Waals surface area contributed by atoms with E-state index in [2.05, 4.69) is 42.6 Å². The third kappa shape index (κ3) is 3.67. The van der Waals surface area contributed by atoms with Gasteiger partial charge >= 0.3 is 0 Å². The number of nitrogens with one attached hydrogen (secondary N) is 1. The molecule has 100 valence electrons. The lowest BCUT2D eigenvalue weighted by atomic mass is 10.2. The molecule has 0 heterocycles. The molecule has 0 saturated heterocycles. The van der Waals surface area contributed by atoms with Crippen molar-refractivity contribution in [2.24, 2.45) is 0 Å². The Morgan fingerprint density at radius 3 is 2.58 bits per heavy atom. The highest BCUT2D eigenvalue weighted by atomic mass is 32.2. The van der Waals surface area contributed by atoms with Crippen molar-refractivity contribution in [3.63, 3.8) is 0 Å². The summed E-state index contributed by atoms with van der Waals surface area (Å²) in [6.45, 7) is 2.94. The number of para-hydroxylation sites is 2. The van der Waals surface area contributed by atoms with Crippen LogP contribution in [0.5, 0.6) is 5.75 Å². The Morgan fingerprint density at radius 1 is 1.05 bits per heavy atom. The second kappa shape index (κ2) is 7.10. The molecule has 0 bridgehead atoms. The van der Waals surface area contributed by atoms with Crippen LogP contribution in [0.3, 0.4) is 0 Å². The van der Waals surface area contributed by atoms with Gasteiger partial charge < -0.3 is 10.1 Å². The van der Waals surface area contributed by atoms with E-state index in [9.17, 15) is 0 Å². The van der Waals surface area contributed by atoms with E-state index < -0.39 is 0 Å². The molecule has 0 atom stereocenters. The molecule has 0 fully saturated rings. The van der Waals surface area contributed by atoms with Gasteiger partial charge in [-0.1, -0.05) is 37.3 Å². The van der Waals surface area contributed by atoms with Gasteiger partial charge in [0.15, 0.2) is 0 Å². The van der Waals surface area contributed by atoms with Crippen molar-refractivity contribution >= 4 is 17.4 Å². The maximum absolute atomic E-state index is 5.37. The van der Waals surface area contributed by atoms with Crippen LogP contribution in [-0.2, 0) is 6.54 Å². The first kappa shape index (κ1) is 13.8. The quantitative estimate of drug-likeness (QED) is 0.787. The molecule has 3 heteroatoms. The molecule has 0 unspecified atom stereocenters. The molecule has 0 aliphatic carbocycles. The Kier molecular flexibility index (Phi) is 5.16. The van der Waals surface area contributed by atoms with Crippen LogP contribution in [0.1, 0.15) is 12.5 Å². The van der Waals surface area contributed by atoms with E-state index >= 15 is 0 Å². The van der Waals surface area contributed by atoms with Crippen molar-refractivity contribution in [2.45, 2.75) is 18.4 Å². The van der Waals surface area contributed by atoms with Crippen LogP contribution in [0.25, 0.3) is 0 Å². The third-order valence-electron chi connectivity index (χ3n) is 2.85. The lowest BCUT2D eigenvalue weighted by Crippen LogP contribution is -2.02. The molecule has 2 aromatic rings. The number of rotatable bonds is 6. The molecule has 0 amide bonds. The lowest BCUT2D eigenvalue weighted by Gasteiger charge is -2.13. The van der Waals surface area contributed by atoms with Crippen molar-refractivity contribution < 1.29 is 4.74 Å². The van der Waals surface area contributed by atoms with E-state index in [1.807, 2.05) is 30.0 Å². The van der Waals surface area contributed by atoms with Crippen LogP contribution in [0.15, 0.2) is 53.4 Å². The number of hydrogen-bond donors (Lipinski definition) is 1. The second-order valence-corrected chi connectivity index (χ2v) is 5.40. The Morgan fingerprint density at radius 2 is 1.79 bits per heavy atom. The van der Waals surface area contributed by atoms with Crippen LogP contribution in [0.2, 0.25) is 0 Å². The summed E-state index contributed by atoms with van der Waals surface area (Å²) in [6, 6.07) is 16.5. The van der Waals surface area contributed by atoms with Gasteiger partial charge in [-0.25, -0.2) is 0 Å². The SMILES string of the molecule is CCSc1ccccc1NCc1ccccc1OC. The zero-order chi connectivity index (χ0) is 13.5. The molecule has 2 rings (SSSR count). The number of benzene rings is 2. The average molecular weight is 273 g/mol. The van der Waals surface area contributed by atoms with Crippen molar-refractivity contribution in [2.75, 3.05) is 18.2 Å². The summed E-state index contributed by atoms with van der Waals surface area (Å²) in [6.07, 6.45) is 0. The van der Waals surface area contributed by atoms with Gasteiger partial charge in [0.1, 0.15) is 5.75 Å². The molecular formula is C16H19NOS. The smallest absolute Gasteiger partial charge is 0.123 e. The van der Waals surface area contributed by atoms with E-state index in [1.165, 1.54) is 16.1 Å². The van der Waals surface area contributed by atoms with E-state index in [0.717, 1.165) is 18.0 Å². The van der Waals surface area contributed by atoms with E-state index in [1.54, 1.807) is 7.11 Å². The molecule has 0 aromatic heterocycles. The van der Waals surface area contributed by atoms with Gasteiger partial charge in [0.05, 0.1) is 7.11 Å². The molecular weight excluding hydrogens is 254 g/mol. The highest BCUT2D eigenvalue weighted by Gasteiger charge is 2.04. The summed E-state index contributed by atoms with van der Waals surface area (Å²) in [7, 11) is 1.71. The summed E-state index contributed by atoms with van der Waals surface area (Å²) in [5, 5.41) is 3.49. The summed E-state index contributed by atoms with van der Waals surface area (Å²) in [5.74, 6) is 2.00. The number of thioether (sulfide) groups is 1. The average Bonchev–Trinajstić information content (AvgIpc) is 2.47. The molecule has 2 nitrogen and oxygen atoms in total. The van der Waals surface area contributed by atoms with E-state index in [-0.39, 0.29) is 0 Å². The second-order valence-electron chi connectivity index (χ2n) is 4.09. The van der Waals surface area contributed by atoms with Crippen LogP contribution < -0.4 is 10.1 Å². The molecule has 0 spiro atoms. The Labute approximate surface area is 119 Å². The summed E-state index contributed by atoms with van der Waals surface area (Å²) in [5.41, 5.74) is 2.35. The minimum absolute atomic E-state index is 0.769. The van der Waals surface area contributed by atoms with Crippen molar-refractivity contribution in [3.8, 4) is 5.75 Å². The monoisotopic (exact) mass is 273 g/mol. The third-order valence-corrected chi connectivity index (χ3v) is 3.80. The molecule has 2 aromatic carbocycles. The predicted molar refractivity (Wildman–Crippen MR) is 83.2 cm³/mol. The topological polar surface area (TPSA) is 21.3 Å². The maximum Gasteiger partial charge on any atom is 0.123 e. The van der Waals surface area contributed by atoms with Crippen molar-refractivity contribution in [1.29, 1.82) is 0 Å². The normalized spacial score (nSPS) is 10.2. The first-order valence-electron chi connectivity index (χ1n) is 6.42. The Balaban J connectivity index is 2.10. The fourth-order valence-corrected chi connectivity index (χ4v) is 2.72. The van der Waals surface area contributed by atoms with Crippen LogP contribution >= 0.6 is 11.8 Å². The summed E-state index contributed by atoms with van der Waals surface area (Å²) in [4.78, 5) is 1.29. The first-order valence-corrected chi connectivity index (χ1v) is 7.41. The van der Waals surface area contributed by atoms with Crippen molar-refractivity contribution in [1.82, 2.24) is 0 Å². The standard InChI is InChI=1S/C16H19NOS/c1-3-19-16-11-7-5-9-14(16)17-12-13-8-4-6-10-15(13)18-2/h4-11,17H,3,12H2,1-2H3. The summed E-state index contributed by atoms with van der Waals surface area (Å²) >= 11 is 1.85. The van der Waals surface area contributed by atoms with Gasteiger partial charge in [-0.05, 0) is 24.0 Å². The van der Waals surface area contributed by atoms with E-state index in [4.69, 9.17) is 4.74 Å². The highest BCUT2D eigenvalue weighted by Crippen LogP contribution is 2.27. The summed E-state index contributed by atoms with van der Waals surface area (Å²) < 4.78 is 5.37. The van der Waals surface area contributed by atoms with Gasteiger partial charge in [-0.3, -0.25) is 0 Å². The zero-order valence-electron chi connectivity index (χ0n) is 11.3. The Hall–Kier alpha value is -1.61. The van der Waals surface area contributed by atoms with Gasteiger partial charge in [0, 0.05) is 22.7 Å². The Bertz CT molecular complexity index is 528. The van der Waals surface area contributed by atoms with E-state index in [0.29, 0.717) is 0 Å². The van der Waals surface area contributed by atoms with Crippen LogP contribution in [0.4, 0.5) is 5.69 Å². The van der Waals surface area contributed by atoms with Gasteiger partial charge in [-0.15, -0.1) is 11.8 Å². The molecule has 1 N–H and O–H groups in total. The first-order chi connectivity index (χ1) is 9.35. The van der Waals surface area contributed by atoms with Crippen LogP contribution in [0, 0.1) is 0 Å². The largest absolute Gasteiger partial charge is 0.496 e. The van der Waals surface area contributed by atoms with Gasteiger partial charge in [0.2, 0.25) is 0 Å². The minimum atomic E-state index is 0.769. The number of methoxy groups -OCH3 is 1.